The van der Waals surface area contributed by atoms with Crippen molar-refractivity contribution in [3.05, 3.63) is 60.9 Å². The van der Waals surface area contributed by atoms with Gasteiger partial charge in [0.05, 0.1) is 30.5 Å². The SMILES string of the molecule is Nc1ccc(-c2ncc3cnn(-c4ccc(N5CCOCC5)cc4)c3n2)cc1. The molecule has 0 radical (unpaired) electrons. The lowest BCUT2D eigenvalue weighted by Gasteiger charge is -2.28. The van der Waals surface area contributed by atoms with Crippen molar-refractivity contribution in [1.82, 2.24) is 19.7 Å². The van der Waals surface area contributed by atoms with Crippen LogP contribution in [0.5, 0.6) is 0 Å². The van der Waals surface area contributed by atoms with Crippen LogP contribution in [0.1, 0.15) is 0 Å². The monoisotopic (exact) mass is 372 g/mol. The molecule has 7 heteroatoms. The van der Waals surface area contributed by atoms with Gasteiger partial charge in [0, 0.05) is 36.2 Å². The van der Waals surface area contributed by atoms with Crippen LogP contribution in [-0.2, 0) is 4.74 Å². The zero-order valence-corrected chi connectivity index (χ0v) is 15.3. The van der Waals surface area contributed by atoms with Crippen molar-refractivity contribution in [2.45, 2.75) is 0 Å². The zero-order valence-electron chi connectivity index (χ0n) is 15.3. The Labute approximate surface area is 162 Å². The molecule has 2 N–H and O–H groups in total. The minimum atomic E-state index is 0.652. The molecule has 1 fully saturated rings. The van der Waals surface area contributed by atoms with E-state index in [1.54, 1.807) is 12.4 Å². The largest absolute Gasteiger partial charge is 0.399 e. The molecule has 1 aliphatic heterocycles. The van der Waals surface area contributed by atoms with E-state index in [1.165, 1.54) is 5.69 Å². The maximum Gasteiger partial charge on any atom is 0.166 e. The number of benzene rings is 2. The van der Waals surface area contributed by atoms with E-state index in [9.17, 15) is 0 Å². The van der Waals surface area contributed by atoms with E-state index < -0.39 is 0 Å². The molecule has 0 unspecified atom stereocenters. The summed E-state index contributed by atoms with van der Waals surface area (Å²) >= 11 is 0. The van der Waals surface area contributed by atoms with Crippen LogP contribution in [0.25, 0.3) is 28.1 Å². The zero-order chi connectivity index (χ0) is 18.9. The second-order valence-electron chi connectivity index (χ2n) is 6.77. The molecule has 5 rings (SSSR count). The Balaban J connectivity index is 1.50. The number of hydrogen-bond donors (Lipinski definition) is 1. The fourth-order valence-corrected chi connectivity index (χ4v) is 3.40. The fraction of sp³-hybridized carbons (Fsp3) is 0.190. The molecule has 140 valence electrons. The first-order valence-electron chi connectivity index (χ1n) is 9.28. The number of ether oxygens (including phenoxy) is 1. The van der Waals surface area contributed by atoms with Crippen LogP contribution in [-0.4, -0.2) is 46.1 Å². The standard InChI is InChI=1S/C21H20N6O/c22-17-3-1-15(2-4-17)20-23-13-16-14-24-27(21(16)25-20)19-7-5-18(6-8-19)26-9-11-28-12-10-26/h1-8,13-14H,9-12,22H2. The van der Waals surface area contributed by atoms with Crippen molar-refractivity contribution in [3.8, 4) is 17.1 Å². The van der Waals surface area contributed by atoms with Crippen LogP contribution in [0.4, 0.5) is 11.4 Å². The number of morpholine rings is 1. The van der Waals surface area contributed by atoms with Crippen molar-refractivity contribution in [2.24, 2.45) is 0 Å². The molecule has 3 heterocycles. The predicted molar refractivity (Wildman–Crippen MR) is 110 cm³/mol. The Hall–Kier alpha value is -3.45. The minimum absolute atomic E-state index is 0.652. The minimum Gasteiger partial charge on any atom is -0.399 e. The summed E-state index contributed by atoms with van der Waals surface area (Å²) in [5.41, 5.74) is 10.4. The summed E-state index contributed by atoms with van der Waals surface area (Å²) in [7, 11) is 0. The predicted octanol–water partition coefficient (Wildman–Crippen LogP) is 2.90. The van der Waals surface area contributed by atoms with Gasteiger partial charge in [-0.1, -0.05) is 0 Å². The van der Waals surface area contributed by atoms with Gasteiger partial charge >= 0.3 is 0 Å². The number of aromatic nitrogens is 4. The van der Waals surface area contributed by atoms with Gasteiger partial charge in [-0.3, -0.25) is 0 Å². The summed E-state index contributed by atoms with van der Waals surface area (Å²) in [5.74, 6) is 0.652. The summed E-state index contributed by atoms with van der Waals surface area (Å²) in [6.07, 6.45) is 3.59. The normalized spacial score (nSPS) is 14.5. The summed E-state index contributed by atoms with van der Waals surface area (Å²) in [5, 5.41) is 5.42. The van der Waals surface area contributed by atoms with Crippen molar-refractivity contribution in [2.75, 3.05) is 36.9 Å². The van der Waals surface area contributed by atoms with Crippen LogP contribution in [0.3, 0.4) is 0 Å². The molecule has 7 nitrogen and oxygen atoms in total. The van der Waals surface area contributed by atoms with Crippen LogP contribution in [0.15, 0.2) is 60.9 Å². The van der Waals surface area contributed by atoms with Crippen LogP contribution in [0.2, 0.25) is 0 Å². The molecule has 0 atom stereocenters. The number of hydrogen-bond acceptors (Lipinski definition) is 6. The first-order valence-corrected chi connectivity index (χ1v) is 9.28. The molecule has 4 aromatic rings. The number of fused-ring (bicyclic) bond motifs is 1. The lowest BCUT2D eigenvalue weighted by atomic mass is 10.2. The molecule has 0 aliphatic carbocycles. The first kappa shape index (κ1) is 16.7. The number of nitrogens with two attached hydrogens (primary N) is 1. The van der Waals surface area contributed by atoms with Gasteiger partial charge < -0.3 is 15.4 Å². The average molecular weight is 372 g/mol. The Bertz CT molecular complexity index is 1100. The van der Waals surface area contributed by atoms with Crippen molar-refractivity contribution in [3.63, 3.8) is 0 Å². The van der Waals surface area contributed by atoms with Gasteiger partial charge in [0.25, 0.3) is 0 Å². The maximum atomic E-state index is 5.78. The number of nitrogens with zero attached hydrogens (tertiary/aromatic N) is 5. The summed E-state index contributed by atoms with van der Waals surface area (Å²) < 4.78 is 7.28. The van der Waals surface area contributed by atoms with Gasteiger partial charge in [0.2, 0.25) is 0 Å². The van der Waals surface area contributed by atoms with E-state index in [4.69, 9.17) is 15.5 Å². The maximum absolute atomic E-state index is 5.78. The highest BCUT2D eigenvalue weighted by Crippen LogP contribution is 2.23. The van der Waals surface area contributed by atoms with Gasteiger partial charge in [-0.25, -0.2) is 14.6 Å². The molecule has 0 bridgehead atoms. The lowest BCUT2D eigenvalue weighted by Crippen LogP contribution is -2.36. The third-order valence-corrected chi connectivity index (χ3v) is 4.95. The Morgan fingerprint density at radius 3 is 2.32 bits per heavy atom. The van der Waals surface area contributed by atoms with Crippen LogP contribution < -0.4 is 10.6 Å². The molecule has 0 amide bonds. The number of anilines is 2. The Kier molecular flexibility index (Phi) is 4.14. The van der Waals surface area contributed by atoms with Gasteiger partial charge in [0.15, 0.2) is 11.5 Å². The summed E-state index contributed by atoms with van der Waals surface area (Å²) in [4.78, 5) is 11.5. The molecule has 0 saturated carbocycles. The molecular weight excluding hydrogens is 352 g/mol. The van der Waals surface area contributed by atoms with Crippen LogP contribution in [0, 0.1) is 0 Å². The van der Waals surface area contributed by atoms with Gasteiger partial charge in [-0.05, 0) is 48.5 Å². The van der Waals surface area contributed by atoms with Gasteiger partial charge in [-0.15, -0.1) is 0 Å². The van der Waals surface area contributed by atoms with Crippen molar-refractivity contribution in [1.29, 1.82) is 0 Å². The van der Waals surface area contributed by atoms with Gasteiger partial charge in [0.1, 0.15) is 0 Å². The molecule has 2 aromatic carbocycles. The average Bonchev–Trinajstić information content (AvgIpc) is 3.18. The number of rotatable bonds is 3. The fourth-order valence-electron chi connectivity index (χ4n) is 3.40. The Morgan fingerprint density at radius 2 is 1.57 bits per heavy atom. The van der Waals surface area contributed by atoms with E-state index >= 15 is 0 Å². The molecule has 1 saturated heterocycles. The van der Waals surface area contributed by atoms with Crippen molar-refractivity contribution < 1.29 is 4.74 Å². The molecule has 2 aromatic heterocycles. The summed E-state index contributed by atoms with van der Waals surface area (Å²) in [6, 6.07) is 15.9. The van der Waals surface area contributed by atoms with Gasteiger partial charge in [-0.2, -0.15) is 5.10 Å². The highest BCUT2D eigenvalue weighted by atomic mass is 16.5. The molecule has 28 heavy (non-hydrogen) atoms. The second kappa shape index (κ2) is 6.94. The van der Waals surface area contributed by atoms with E-state index in [0.29, 0.717) is 5.82 Å². The van der Waals surface area contributed by atoms with E-state index in [2.05, 4.69) is 39.2 Å². The molecular formula is C21H20N6O. The smallest absolute Gasteiger partial charge is 0.166 e. The van der Waals surface area contributed by atoms with E-state index in [1.807, 2.05) is 28.9 Å². The van der Waals surface area contributed by atoms with Crippen LogP contribution >= 0.6 is 0 Å². The number of nitrogen functional groups attached to an aromatic ring is 1. The third kappa shape index (κ3) is 3.05. The first-order chi connectivity index (χ1) is 13.8. The highest BCUT2D eigenvalue weighted by Gasteiger charge is 2.13. The second-order valence-corrected chi connectivity index (χ2v) is 6.77. The highest BCUT2D eigenvalue weighted by molar-refractivity contribution is 5.77. The lowest BCUT2D eigenvalue weighted by molar-refractivity contribution is 0.122. The third-order valence-electron chi connectivity index (χ3n) is 4.95. The molecule has 0 spiro atoms. The van der Waals surface area contributed by atoms with E-state index in [-0.39, 0.29) is 0 Å². The summed E-state index contributed by atoms with van der Waals surface area (Å²) in [6.45, 7) is 3.39. The van der Waals surface area contributed by atoms with Crippen molar-refractivity contribution >= 4 is 22.4 Å². The Morgan fingerprint density at radius 1 is 0.857 bits per heavy atom. The topological polar surface area (TPSA) is 82.1 Å². The molecule has 1 aliphatic rings. The quantitative estimate of drug-likeness (QED) is 0.557. The van der Waals surface area contributed by atoms with E-state index in [0.717, 1.165) is 54.3 Å².